The van der Waals surface area contributed by atoms with E-state index in [2.05, 4.69) is 0 Å². The molecule has 1 aliphatic heterocycles. The molecule has 3 heteroatoms. The Kier molecular flexibility index (Phi) is 5.38. The van der Waals surface area contributed by atoms with Gasteiger partial charge >= 0.3 is 0 Å². The summed E-state index contributed by atoms with van der Waals surface area (Å²) in [5.41, 5.74) is 1.33. The molecule has 1 saturated heterocycles. The van der Waals surface area contributed by atoms with Crippen molar-refractivity contribution in [2.45, 2.75) is 43.3 Å². The molecule has 0 saturated carbocycles. The molecule has 0 amide bonds. The Labute approximate surface area is 111 Å². The molecular formula is C15H23FOSi. The van der Waals surface area contributed by atoms with Crippen molar-refractivity contribution in [2.75, 3.05) is 13.7 Å². The highest BCUT2D eigenvalue weighted by molar-refractivity contribution is 6.59. The van der Waals surface area contributed by atoms with Crippen molar-refractivity contribution in [3.8, 4) is 0 Å². The maximum absolute atomic E-state index is 12.9. The lowest BCUT2D eigenvalue weighted by atomic mass is 9.93. The molecule has 1 aromatic carbocycles. The van der Waals surface area contributed by atoms with Gasteiger partial charge in [0.2, 0.25) is 0 Å². The second kappa shape index (κ2) is 7.05. The number of hydrogen-bond donors (Lipinski definition) is 0. The minimum atomic E-state index is -0.484. The average molecular weight is 266 g/mol. The molecule has 1 nitrogen and oxygen atoms in total. The van der Waals surface area contributed by atoms with Gasteiger partial charge in [0.1, 0.15) is 5.82 Å². The number of benzene rings is 1. The van der Waals surface area contributed by atoms with E-state index in [-0.39, 0.29) is 5.82 Å². The van der Waals surface area contributed by atoms with Gasteiger partial charge in [-0.3, -0.25) is 0 Å². The fourth-order valence-electron chi connectivity index (χ4n) is 3.04. The average Bonchev–Trinajstić information content (AvgIpc) is 2.41. The van der Waals surface area contributed by atoms with Crippen LogP contribution >= 0.6 is 0 Å². The molecule has 1 fully saturated rings. The molecule has 18 heavy (non-hydrogen) atoms. The minimum Gasteiger partial charge on any atom is -0.385 e. The van der Waals surface area contributed by atoms with Gasteiger partial charge in [-0.1, -0.05) is 30.3 Å². The highest BCUT2D eigenvalue weighted by Gasteiger charge is 2.22. The zero-order valence-electron chi connectivity index (χ0n) is 11.2. The van der Waals surface area contributed by atoms with Crippen LogP contribution in [0.3, 0.4) is 0 Å². The van der Waals surface area contributed by atoms with Crippen molar-refractivity contribution >= 4 is 8.80 Å². The van der Waals surface area contributed by atoms with Crippen LogP contribution in [0.4, 0.5) is 4.39 Å². The molecule has 1 heterocycles. The quantitative estimate of drug-likeness (QED) is 0.579. The van der Waals surface area contributed by atoms with Gasteiger partial charge in [-0.2, -0.15) is 0 Å². The van der Waals surface area contributed by atoms with Crippen molar-refractivity contribution in [3.63, 3.8) is 0 Å². The topological polar surface area (TPSA) is 9.23 Å². The molecule has 0 aliphatic carbocycles. The summed E-state index contributed by atoms with van der Waals surface area (Å²) >= 11 is 0. The van der Waals surface area contributed by atoms with Gasteiger partial charge in [-0.05, 0) is 42.9 Å². The summed E-state index contributed by atoms with van der Waals surface area (Å²) in [6.07, 6.45) is 3.87. The maximum atomic E-state index is 12.9. The lowest BCUT2D eigenvalue weighted by Gasteiger charge is -2.28. The van der Waals surface area contributed by atoms with Gasteiger partial charge in [0.15, 0.2) is 0 Å². The van der Waals surface area contributed by atoms with Crippen LogP contribution < -0.4 is 0 Å². The first-order valence-corrected chi connectivity index (χ1v) is 9.49. The summed E-state index contributed by atoms with van der Waals surface area (Å²) in [6.45, 7) is 0.922. The molecule has 0 radical (unpaired) electrons. The second-order valence-corrected chi connectivity index (χ2v) is 8.87. The molecule has 0 N–H and O–H groups in total. The van der Waals surface area contributed by atoms with Crippen LogP contribution in [0, 0.1) is 5.82 Å². The highest BCUT2D eigenvalue weighted by atomic mass is 28.3. The van der Waals surface area contributed by atoms with Crippen LogP contribution in [-0.4, -0.2) is 22.5 Å². The summed E-state index contributed by atoms with van der Waals surface area (Å²) in [5.74, 6) is 0.554. The number of ether oxygens (including phenoxy) is 1. The second-order valence-electron chi connectivity index (χ2n) is 5.40. The molecule has 1 aliphatic rings. The number of halogens is 1. The van der Waals surface area contributed by atoms with Crippen molar-refractivity contribution in [1.29, 1.82) is 0 Å². The van der Waals surface area contributed by atoms with E-state index in [1.54, 1.807) is 19.2 Å². The standard InChI is InChI=1S/C15H23FOSi/c1-17-9-2-10-18-11-7-14(8-12-18)13-3-5-15(16)6-4-13/h3-6,14,18H,2,7-12H2,1H3/t14-,18-. The van der Waals surface area contributed by atoms with Crippen LogP contribution in [-0.2, 0) is 4.74 Å². The van der Waals surface area contributed by atoms with Crippen LogP contribution in [0.1, 0.15) is 30.7 Å². The molecule has 0 spiro atoms. The van der Waals surface area contributed by atoms with Crippen LogP contribution in [0.5, 0.6) is 0 Å². The summed E-state index contributed by atoms with van der Waals surface area (Å²) in [7, 11) is 1.30. The summed E-state index contributed by atoms with van der Waals surface area (Å²) in [5, 5.41) is 0. The first-order valence-electron chi connectivity index (χ1n) is 7.04. The maximum Gasteiger partial charge on any atom is 0.123 e. The fraction of sp³-hybridized carbons (Fsp3) is 0.600. The molecule has 2 rings (SSSR count). The van der Waals surface area contributed by atoms with Crippen molar-refractivity contribution in [1.82, 2.24) is 0 Å². The highest BCUT2D eigenvalue weighted by Crippen LogP contribution is 2.34. The van der Waals surface area contributed by atoms with Gasteiger partial charge in [-0.25, -0.2) is 4.39 Å². The summed E-state index contributed by atoms with van der Waals surface area (Å²) in [6, 6.07) is 11.5. The monoisotopic (exact) mass is 266 g/mol. The minimum absolute atomic E-state index is 0.124. The van der Waals surface area contributed by atoms with Gasteiger partial charge < -0.3 is 4.74 Å². The van der Waals surface area contributed by atoms with E-state index in [0.29, 0.717) is 5.92 Å². The van der Waals surface area contributed by atoms with E-state index in [0.717, 1.165) is 6.61 Å². The molecule has 0 aromatic heterocycles. The van der Waals surface area contributed by atoms with Gasteiger partial charge in [-0.15, -0.1) is 0 Å². The van der Waals surface area contributed by atoms with Crippen molar-refractivity contribution in [3.05, 3.63) is 35.6 Å². The number of hydrogen-bond acceptors (Lipinski definition) is 1. The van der Waals surface area contributed by atoms with E-state index >= 15 is 0 Å². The lowest BCUT2D eigenvalue weighted by molar-refractivity contribution is 0.199. The lowest BCUT2D eigenvalue weighted by Crippen LogP contribution is -2.20. The van der Waals surface area contributed by atoms with Crippen LogP contribution in [0.2, 0.25) is 18.1 Å². The molecule has 0 atom stereocenters. The third kappa shape index (κ3) is 3.92. The van der Waals surface area contributed by atoms with E-state index in [1.807, 2.05) is 12.1 Å². The zero-order chi connectivity index (χ0) is 12.8. The summed E-state index contributed by atoms with van der Waals surface area (Å²) < 4.78 is 18.0. The Morgan fingerprint density at radius 3 is 2.50 bits per heavy atom. The Bertz CT molecular complexity index is 344. The predicted molar refractivity (Wildman–Crippen MR) is 76.4 cm³/mol. The van der Waals surface area contributed by atoms with Crippen LogP contribution in [0.25, 0.3) is 0 Å². The molecule has 1 aromatic rings. The Morgan fingerprint density at radius 2 is 1.89 bits per heavy atom. The number of rotatable bonds is 5. The van der Waals surface area contributed by atoms with E-state index < -0.39 is 8.80 Å². The molecule has 0 bridgehead atoms. The van der Waals surface area contributed by atoms with E-state index in [9.17, 15) is 4.39 Å². The Morgan fingerprint density at radius 1 is 1.22 bits per heavy atom. The number of methoxy groups -OCH3 is 1. The van der Waals surface area contributed by atoms with E-state index in [1.165, 1.54) is 43.0 Å². The normalized spacial score (nSPS) is 24.1. The fourth-order valence-corrected chi connectivity index (χ4v) is 6.39. The largest absolute Gasteiger partial charge is 0.385 e. The SMILES string of the molecule is COCCC[Si@H]1CC[C@H](c2ccc(F)cc2)CC1. The van der Waals surface area contributed by atoms with Gasteiger partial charge in [0.05, 0.1) is 0 Å². The Hall–Kier alpha value is -0.673. The first kappa shape index (κ1) is 13.8. The predicted octanol–water partition coefficient (Wildman–Crippen LogP) is 3.97. The smallest absolute Gasteiger partial charge is 0.123 e. The van der Waals surface area contributed by atoms with Gasteiger partial charge in [0, 0.05) is 22.5 Å². The Balaban J connectivity index is 1.77. The molecular weight excluding hydrogens is 243 g/mol. The molecule has 0 unspecified atom stereocenters. The first-order chi connectivity index (χ1) is 8.79. The van der Waals surface area contributed by atoms with Crippen LogP contribution in [0.15, 0.2) is 24.3 Å². The third-order valence-corrected chi connectivity index (χ3v) is 7.67. The summed E-state index contributed by atoms with van der Waals surface area (Å²) in [4.78, 5) is 0. The third-order valence-electron chi connectivity index (χ3n) is 4.15. The van der Waals surface area contributed by atoms with Crippen molar-refractivity contribution in [2.24, 2.45) is 0 Å². The van der Waals surface area contributed by atoms with Gasteiger partial charge in [0.25, 0.3) is 0 Å². The molecule has 100 valence electrons. The van der Waals surface area contributed by atoms with E-state index in [4.69, 9.17) is 4.74 Å². The van der Waals surface area contributed by atoms with Crippen molar-refractivity contribution < 1.29 is 9.13 Å². The zero-order valence-corrected chi connectivity index (χ0v) is 12.4.